The van der Waals surface area contributed by atoms with E-state index in [0.29, 0.717) is 17.8 Å². The molecular weight excluding hydrogens is 282 g/mol. The van der Waals surface area contributed by atoms with Gasteiger partial charge in [-0.05, 0) is 25.7 Å². The third-order valence-corrected chi connectivity index (χ3v) is 4.82. The third-order valence-electron chi connectivity index (χ3n) is 4.66. The van der Waals surface area contributed by atoms with Gasteiger partial charge in [-0.1, -0.05) is 58.3 Å². The summed E-state index contributed by atoms with van der Waals surface area (Å²) in [5.74, 6) is 0.906. The minimum Gasteiger partial charge on any atom is -0.339 e. The molecule has 1 aliphatic carbocycles. The van der Waals surface area contributed by atoms with E-state index in [-0.39, 0.29) is 0 Å². The van der Waals surface area contributed by atoms with Gasteiger partial charge in [-0.25, -0.2) is 0 Å². The fourth-order valence-electron chi connectivity index (χ4n) is 3.03. The van der Waals surface area contributed by atoms with Crippen LogP contribution in [-0.2, 0) is 4.79 Å². The number of hydrogen-bond donors (Lipinski definition) is 0. The van der Waals surface area contributed by atoms with Gasteiger partial charge >= 0.3 is 0 Å². The molecule has 1 saturated carbocycles. The van der Waals surface area contributed by atoms with E-state index in [1.54, 1.807) is 0 Å². The molecular formula is C18H34ClNO. The molecule has 1 amide bonds. The van der Waals surface area contributed by atoms with Crippen LogP contribution in [0.5, 0.6) is 0 Å². The smallest absolute Gasteiger partial charge is 0.222 e. The van der Waals surface area contributed by atoms with E-state index in [1.807, 2.05) is 4.90 Å². The van der Waals surface area contributed by atoms with Gasteiger partial charge in [0.25, 0.3) is 0 Å². The number of carbonyl (C=O) groups is 1. The standard InChI is InChI=1S/C18H34ClNO/c1-2-3-4-5-6-7-8-9-10-14-18(21)20(16-15-19)17-12-11-13-17/h17H,2-16H2,1H3. The van der Waals surface area contributed by atoms with Gasteiger partial charge in [0, 0.05) is 24.9 Å². The second-order valence-corrected chi connectivity index (χ2v) is 6.82. The van der Waals surface area contributed by atoms with Crippen LogP contribution in [0.4, 0.5) is 0 Å². The molecule has 0 aliphatic heterocycles. The summed E-state index contributed by atoms with van der Waals surface area (Å²) >= 11 is 5.83. The van der Waals surface area contributed by atoms with Gasteiger partial charge in [0.1, 0.15) is 0 Å². The topological polar surface area (TPSA) is 20.3 Å². The molecule has 0 saturated heterocycles. The minimum atomic E-state index is 0.336. The molecule has 0 aromatic rings. The van der Waals surface area contributed by atoms with Crippen LogP contribution in [0, 0.1) is 0 Å². The summed E-state index contributed by atoms with van der Waals surface area (Å²) in [6, 6.07) is 0.495. The summed E-state index contributed by atoms with van der Waals surface area (Å²) in [5, 5.41) is 0. The number of amides is 1. The molecule has 3 heteroatoms. The maximum absolute atomic E-state index is 12.2. The number of rotatable bonds is 13. The average molecular weight is 316 g/mol. The van der Waals surface area contributed by atoms with Crippen LogP contribution < -0.4 is 0 Å². The fourth-order valence-corrected chi connectivity index (χ4v) is 3.21. The summed E-state index contributed by atoms with van der Waals surface area (Å²) in [6.07, 6.45) is 16.1. The lowest BCUT2D eigenvalue weighted by molar-refractivity contribution is -0.135. The minimum absolute atomic E-state index is 0.336. The van der Waals surface area contributed by atoms with E-state index in [2.05, 4.69) is 6.92 Å². The Morgan fingerprint density at radius 3 is 2.05 bits per heavy atom. The van der Waals surface area contributed by atoms with E-state index in [9.17, 15) is 4.79 Å². The second-order valence-electron chi connectivity index (χ2n) is 6.44. The van der Waals surface area contributed by atoms with Crippen LogP contribution in [0.25, 0.3) is 0 Å². The Kier molecular flexibility index (Phi) is 11.0. The Hall–Kier alpha value is -0.240. The highest BCUT2D eigenvalue weighted by Crippen LogP contribution is 2.25. The molecule has 1 aliphatic rings. The van der Waals surface area contributed by atoms with Crippen molar-refractivity contribution in [1.29, 1.82) is 0 Å². The number of halogens is 1. The van der Waals surface area contributed by atoms with Gasteiger partial charge in [0.05, 0.1) is 0 Å². The zero-order valence-corrected chi connectivity index (χ0v) is 14.7. The Labute approximate surface area is 136 Å². The predicted octanol–water partition coefficient (Wildman–Crippen LogP) is 5.53. The highest BCUT2D eigenvalue weighted by Gasteiger charge is 2.27. The van der Waals surface area contributed by atoms with Gasteiger partial charge in [-0.3, -0.25) is 4.79 Å². The molecule has 0 heterocycles. The fraction of sp³-hybridized carbons (Fsp3) is 0.944. The highest BCUT2D eigenvalue weighted by atomic mass is 35.5. The second kappa shape index (κ2) is 12.3. The molecule has 0 spiro atoms. The van der Waals surface area contributed by atoms with E-state index in [1.165, 1.54) is 70.6 Å². The zero-order valence-electron chi connectivity index (χ0n) is 13.9. The molecule has 0 radical (unpaired) electrons. The van der Waals surface area contributed by atoms with Gasteiger partial charge in [-0.15, -0.1) is 11.6 Å². The molecule has 21 heavy (non-hydrogen) atoms. The monoisotopic (exact) mass is 315 g/mol. The lowest BCUT2D eigenvalue weighted by atomic mass is 9.91. The number of unbranched alkanes of at least 4 members (excludes halogenated alkanes) is 8. The van der Waals surface area contributed by atoms with Crippen molar-refractivity contribution in [1.82, 2.24) is 4.90 Å². The maximum atomic E-state index is 12.2. The summed E-state index contributed by atoms with van der Waals surface area (Å²) in [7, 11) is 0. The predicted molar refractivity (Wildman–Crippen MR) is 91.9 cm³/mol. The first-order valence-electron chi connectivity index (χ1n) is 9.15. The lowest BCUT2D eigenvalue weighted by Gasteiger charge is -2.37. The summed E-state index contributed by atoms with van der Waals surface area (Å²) < 4.78 is 0. The van der Waals surface area contributed by atoms with Gasteiger partial charge in [0.2, 0.25) is 5.91 Å². The van der Waals surface area contributed by atoms with Crippen LogP contribution in [0.2, 0.25) is 0 Å². The van der Waals surface area contributed by atoms with Crippen LogP contribution in [-0.4, -0.2) is 29.3 Å². The van der Waals surface area contributed by atoms with Crippen molar-refractivity contribution in [2.45, 2.75) is 96.4 Å². The maximum Gasteiger partial charge on any atom is 0.222 e. The van der Waals surface area contributed by atoms with Crippen molar-refractivity contribution >= 4 is 17.5 Å². The van der Waals surface area contributed by atoms with Gasteiger partial charge in [0.15, 0.2) is 0 Å². The van der Waals surface area contributed by atoms with Crippen molar-refractivity contribution in [3.63, 3.8) is 0 Å². The van der Waals surface area contributed by atoms with Crippen molar-refractivity contribution in [2.75, 3.05) is 12.4 Å². The molecule has 2 nitrogen and oxygen atoms in total. The molecule has 0 atom stereocenters. The average Bonchev–Trinajstić information content (AvgIpc) is 2.43. The Morgan fingerprint density at radius 1 is 1.00 bits per heavy atom. The Morgan fingerprint density at radius 2 is 1.57 bits per heavy atom. The lowest BCUT2D eigenvalue weighted by Crippen LogP contribution is -2.45. The molecule has 124 valence electrons. The van der Waals surface area contributed by atoms with Crippen LogP contribution in [0.1, 0.15) is 90.4 Å². The quantitative estimate of drug-likeness (QED) is 0.323. The molecule has 0 unspecified atom stereocenters. The zero-order chi connectivity index (χ0) is 15.3. The van der Waals surface area contributed by atoms with Crippen LogP contribution >= 0.6 is 11.6 Å². The Balaban J connectivity index is 1.99. The molecule has 0 bridgehead atoms. The Bertz CT molecular complexity index is 266. The molecule has 0 aromatic carbocycles. The van der Waals surface area contributed by atoms with E-state index in [4.69, 9.17) is 11.6 Å². The normalized spacial score (nSPS) is 15.0. The first kappa shape index (κ1) is 18.8. The van der Waals surface area contributed by atoms with Crippen LogP contribution in [0.3, 0.4) is 0 Å². The van der Waals surface area contributed by atoms with Crippen molar-refractivity contribution in [3.8, 4) is 0 Å². The first-order valence-corrected chi connectivity index (χ1v) is 9.68. The molecule has 0 N–H and O–H groups in total. The number of alkyl halides is 1. The summed E-state index contributed by atoms with van der Waals surface area (Å²) in [5.41, 5.74) is 0. The van der Waals surface area contributed by atoms with Gasteiger partial charge in [-0.2, -0.15) is 0 Å². The highest BCUT2D eigenvalue weighted by molar-refractivity contribution is 6.18. The SMILES string of the molecule is CCCCCCCCCCCC(=O)N(CCCl)C1CCC1. The first-order chi connectivity index (χ1) is 10.3. The third kappa shape index (κ3) is 8.09. The number of hydrogen-bond acceptors (Lipinski definition) is 1. The van der Waals surface area contributed by atoms with Crippen molar-refractivity contribution in [2.24, 2.45) is 0 Å². The molecule has 1 rings (SSSR count). The number of nitrogens with zero attached hydrogens (tertiary/aromatic N) is 1. The van der Waals surface area contributed by atoms with Crippen molar-refractivity contribution < 1.29 is 4.79 Å². The van der Waals surface area contributed by atoms with E-state index >= 15 is 0 Å². The van der Waals surface area contributed by atoms with Crippen LogP contribution in [0.15, 0.2) is 0 Å². The molecule has 1 fully saturated rings. The van der Waals surface area contributed by atoms with E-state index in [0.717, 1.165) is 19.4 Å². The largest absolute Gasteiger partial charge is 0.339 e. The summed E-state index contributed by atoms with van der Waals surface area (Å²) in [6.45, 7) is 3.00. The van der Waals surface area contributed by atoms with Gasteiger partial charge < -0.3 is 4.90 Å². The van der Waals surface area contributed by atoms with E-state index < -0.39 is 0 Å². The summed E-state index contributed by atoms with van der Waals surface area (Å²) in [4.78, 5) is 14.3. The number of carbonyl (C=O) groups excluding carboxylic acids is 1. The van der Waals surface area contributed by atoms with Crippen molar-refractivity contribution in [3.05, 3.63) is 0 Å². The molecule has 0 aromatic heterocycles.